The van der Waals surface area contributed by atoms with Gasteiger partial charge in [-0.25, -0.2) is 20.0 Å². The molecule has 1 aromatic carbocycles. The summed E-state index contributed by atoms with van der Waals surface area (Å²) in [5.74, 6) is -4.01. The molecule has 2 heterocycles. The SMILES string of the molecule is CCCO[C@H](C[C@H](C(C)C)N(CCC)C(=O)[C@@H](NC(=O)[C@H]1CCCCN1C)[C@@H](C)CC)c1nc(C(=O)N[C@H]2Cc3ccc(O)cc3[C@H](C(=O)NNC(=O)OCCOCCOCCOCCNC(=O)CNC(=O)CNC(=O)CNC(=O)OC(C)(C)C)C2)cs1. The van der Waals surface area contributed by atoms with E-state index in [1.807, 2.05) is 39.6 Å². The number of phenols is 1. The Morgan fingerprint density at radius 1 is 0.784 bits per heavy atom. The van der Waals surface area contributed by atoms with E-state index in [1.54, 1.807) is 32.2 Å². The molecule has 1 saturated heterocycles. The van der Waals surface area contributed by atoms with Gasteiger partial charge in [-0.2, -0.15) is 0 Å². The summed E-state index contributed by atoms with van der Waals surface area (Å²) in [4.78, 5) is 125. The second-order valence-electron chi connectivity index (χ2n) is 23.3. The predicted molar refractivity (Wildman–Crippen MR) is 327 cm³/mol. The average molecular weight is 1260 g/mol. The van der Waals surface area contributed by atoms with Gasteiger partial charge in [0, 0.05) is 43.6 Å². The van der Waals surface area contributed by atoms with Gasteiger partial charge < -0.3 is 70.3 Å². The number of likely N-dealkylation sites (N-methyl/N-ethyl adjacent to an activating group) is 1. The van der Waals surface area contributed by atoms with E-state index in [4.69, 9.17) is 33.4 Å². The van der Waals surface area contributed by atoms with Crippen molar-refractivity contribution in [3.8, 4) is 5.75 Å². The second kappa shape index (κ2) is 38.6. The number of hydrazine groups is 1. The summed E-state index contributed by atoms with van der Waals surface area (Å²) in [6, 6.07) is 2.88. The van der Waals surface area contributed by atoms with Crippen molar-refractivity contribution >= 4 is 64.9 Å². The lowest BCUT2D eigenvalue weighted by atomic mass is 9.79. The second-order valence-corrected chi connectivity index (χ2v) is 24.2. The van der Waals surface area contributed by atoms with E-state index < -0.39 is 78.0 Å². The fourth-order valence-corrected chi connectivity index (χ4v) is 10.8. The molecule has 2 aliphatic rings. The Morgan fingerprint density at radius 3 is 2.06 bits per heavy atom. The molecule has 0 bridgehead atoms. The Morgan fingerprint density at radius 2 is 1.43 bits per heavy atom. The molecule has 0 spiro atoms. The van der Waals surface area contributed by atoms with Crippen molar-refractivity contribution in [3.05, 3.63) is 45.4 Å². The Balaban J connectivity index is 1.18. The van der Waals surface area contributed by atoms with Crippen molar-refractivity contribution in [2.24, 2.45) is 11.8 Å². The lowest BCUT2D eigenvalue weighted by molar-refractivity contribution is -0.143. The van der Waals surface area contributed by atoms with Crippen molar-refractivity contribution in [3.63, 3.8) is 0 Å². The first kappa shape index (κ1) is 73.7. The van der Waals surface area contributed by atoms with Gasteiger partial charge in [-0.05, 0) is 108 Å². The third-order valence-electron chi connectivity index (χ3n) is 14.7. The Hall–Kier alpha value is -6.72. The highest BCUT2D eigenvalue weighted by Crippen LogP contribution is 2.36. The smallest absolute Gasteiger partial charge is 0.426 e. The van der Waals surface area contributed by atoms with Gasteiger partial charge in [0.1, 0.15) is 47.3 Å². The van der Waals surface area contributed by atoms with Gasteiger partial charge in [-0.1, -0.05) is 60.5 Å². The normalized spacial score (nSPS) is 17.2. The van der Waals surface area contributed by atoms with E-state index in [1.165, 1.54) is 23.5 Å². The maximum atomic E-state index is 14.8. The third kappa shape index (κ3) is 26.2. The molecular formula is C60H97N11O16S. The Kier molecular flexibility index (Phi) is 32.4. The van der Waals surface area contributed by atoms with Crippen LogP contribution in [0.3, 0.4) is 0 Å². The third-order valence-corrected chi connectivity index (χ3v) is 15.6. The van der Waals surface area contributed by atoms with Crippen LogP contribution in [0.15, 0.2) is 23.6 Å². The van der Waals surface area contributed by atoms with E-state index in [0.717, 1.165) is 37.8 Å². The van der Waals surface area contributed by atoms with Crippen LogP contribution in [0.25, 0.3) is 0 Å². The molecule has 9 N–H and O–H groups in total. The summed E-state index contributed by atoms with van der Waals surface area (Å²) in [6.45, 7) is 19.0. The molecule has 9 amide bonds. The maximum Gasteiger partial charge on any atom is 0.426 e. The van der Waals surface area contributed by atoms with E-state index in [9.17, 15) is 48.3 Å². The molecule has 28 heteroatoms. The molecule has 0 saturated carbocycles. The highest BCUT2D eigenvalue weighted by atomic mass is 32.1. The van der Waals surface area contributed by atoms with Crippen molar-refractivity contribution in [2.75, 3.05) is 99.2 Å². The quantitative estimate of drug-likeness (QED) is 0.0348. The number of hydrogen-bond donors (Lipinski definition) is 9. The number of alkyl carbamates (subject to hydrolysis) is 1. The first-order chi connectivity index (χ1) is 41.9. The van der Waals surface area contributed by atoms with Crippen LogP contribution in [0.2, 0.25) is 0 Å². The topological polar surface area (TPSA) is 345 Å². The molecule has 27 nitrogen and oxygen atoms in total. The number of aromatic nitrogens is 1. The number of benzene rings is 1. The highest BCUT2D eigenvalue weighted by Gasteiger charge is 2.39. The highest BCUT2D eigenvalue weighted by molar-refractivity contribution is 7.09. The van der Waals surface area contributed by atoms with Crippen LogP contribution >= 0.6 is 11.3 Å². The van der Waals surface area contributed by atoms with E-state index in [-0.39, 0.29) is 119 Å². The zero-order valence-electron chi connectivity index (χ0n) is 53.0. The number of rotatable bonds is 36. The summed E-state index contributed by atoms with van der Waals surface area (Å²) in [6.07, 6.45) is 3.52. The van der Waals surface area contributed by atoms with Crippen LogP contribution < -0.4 is 42.8 Å². The largest absolute Gasteiger partial charge is 0.508 e. The van der Waals surface area contributed by atoms with Gasteiger partial charge in [-0.15, -0.1) is 11.3 Å². The van der Waals surface area contributed by atoms with Crippen LogP contribution in [0.1, 0.15) is 152 Å². The number of aromatic hydroxyl groups is 1. The van der Waals surface area contributed by atoms with E-state index in [2.05, 4.69) is 61.5 Å². The van der Waals surface area contributed by atoms with Crippen molar-refractivity contribution in [1.29, 1.82) is 0 Å². The lowest BCUT2D eigenvalue weighted by Gasteiger charge is -2.40. The van der Waals surface area contributed by atoms with Crippen LogP contribution in [-0.2, 0) is 63.6 Å². The molecule has 88 heavy (non-hydrogen) atoms. The van der Waals surface area contributed by atoms with Gasteiger partial charge >= 0.3 is 12.2 Å². The van der Waals surface area contributed by atoms with Gasteiger partial charge in [0.05, 0.1) is 64.7 Å². The molecule has 1 aliphatic heterocycles. The first-order valence-corrected chi connectivity index (χ1v) is 31.6. The standard InChI is InChI=1S/C60H97N11O16S/c1-11-20-71(57(79)52(39(6)13-3)67-55(78)46-16-14-15-21-70(46)10)47(38(4)5)33-48(85-22-12-2)56-66-45(37-88-56)54(77)65-41-30-40-17-18-42(72)32-43(40)44(31-41)53(76)68-69-59(81)86-29-28-84-27-26-83-25-24-82-23-19-61-49(73)34-62-50(74)35-63-51(75)36-64-58(80)87-60(7,8)9/h17-18,32,37-39,41,44,46-48,52,72H,11-16,19-31,33-36H2,1-10H3,(H,61,73)(H,62,74)(H,63,75)(H,64,80)(H,65,77)(H,67,78)(H,68,76)(H,69,81)/t39-,41-,44+,46+,47+,48+,52-/m0/s1. The summed E-state index contributed by atoms with van der Waals surface area (Å²) in [5.41, 5.74) is 5.36. The van der Waals surface area contributed by atoms with Crippen LogP contribution in [0.4, 0.5) is 9.59 Å². The zero-order chi connectivity index (χ0) is 64.8. The molecule has 2 aromatic rings. The predicted octanol–water partition coefficient (Wildman–Crippen LogP) is 3.49. The number of phenolic OH excluding ortho intramolecular Hbond substituents is 1. The van der Waals surface area contributed by atoms with E-state index in [0.29, 0.717) is 49.4 Å². The number of amides is 9. The van der Waals surface area contributed by atoms with Gasteiger partial charge in [0.15, 0.2) is 0 Å². The summed E-state index contributed by atoms with van der Waals surface area (Å²) < 4.78 is 33.0. The Bertz CT molecular complexity index is 2570. The Labute approximate surface area is 521 Å². The first-order valence-electron chi connectivity index (χ1n) is 30.7. The lowest BCUT2D eigenvalue weighted by Crippen LogP contribution is -2.58. The number of ether oxygens (including phenoxy) is 6. The fourth-order valence-electron chi connectivity index (χ4n) is 9.93. The molecule has 0 unspecified atom stereocenters. The van der Waals surface area contributed by atoms with Crippen molar-refractivity contribution in [1.82, 2.24) is 57.5 Å². The number of fused-ring (bicyclic) bond motifs is 1. The molecule has 0 radical (unpaired) electrons. The summed E-state index contributed by atoms with van der Waals surface area (Å²) >= 11 is 1.30. The molecule has 7 atom stereocenters. The molecule has 1 fully saturated rings. The number of nitrogens with zero attached hydrogens (tertiary/aromatic N) is 3. The van der Waals surface area contributed by atoms with Crippen molar-refractivity contribution < 1.29 is 76.7 Å². The minimum atomic E-state index is -0.942. The molecule has 494 valence electrons. The number of hydrogen-bond acceptors (Lipinski definition) is 19. The number of carbonyl (C=O) groups is 9. The fraction of sp³-hybridized carbons (Fsp3) is 0.700. The number of thiazole rings is 1. The molecule has 4 rings (SSSR count). The molecule has 1 aromatic heterocycles. The summed E-state index contributed by atoms with van der Waals surface area (Å²) in [7, 11) is 1.96. The van der Waals surface area contributed by atoms with Crippen LogP contribution in [0.5, 0.6) is 5.75 Å². The van der Waals surface area contributed by atoms with Gasteiger partial charge in [-0.3, -0.25) is 43.9 Å². The number of carbonyl (C=O) groups excluding carboxylic acids is 9. The van der Waals surface area contributed by atoms with Crippen LogP contribution in [0, 0.1) is 11.8 Å². The summed E-state index contributed by atoms with van der Waals surface area (Å²) in [5, 5.41) is 28.4. The minimum Gasteiger partial charge on any atom is -0.508 e. The van der Waals surface area contributed by atoms with Crippen LogP contribution in [-0.4, -0.2) is 202 Å². The van der Waals surface area contributed by atoms with Crippen molar-refractivity contribution in [2.45, 2.75) is 162 Å². The van der Waals surface area contributed by atoms with Gasteiger partial charge in [0.25, 0.3) is 5.91 Å². The monoisotopic (exact) mass is 1260 g/mol. The maximum absolute atomic E-state index is 14.8. The number of piperidine rings is 1. The van der Waals surface area contributed by atoms with E-state index >= 15 is 0 Å². The molecular weight excluding hydrogens is 1160 g/mol. The molecule has 1 aliphatic carbocycles. The minimum absolute atomic E-state index is 0.00871. The number of nitrogens with one attached hydrogen (secondary N) is 8. The van der Waals surface area contributed by atoms with Gasteiger partial charge in [0.2, 0.25) is 35.4 Å². The number of likely N-dealkylation sites (tertiary alicyclic amines) is 1. The average Bonchev–Trinajstić information content (AvgIpc) is 1.26. The zero-order valence-corrected chi connectivity index (χ0v) is 53.8.